The fraction of sp³-hybridized carbons (Fsp3) is 0.143. The second-order valence-electron chi connectivity index (χ2n) is 6.00. The van der Waals surface area contributed by atoms with Crippen LogP contribution in [0.2, 0.25) is 0 Å². The van der Waals surface area contributed by atoms with Crippen LogP contribution in [0.5, 0.6) is 0 Å². The van der Waals surface area contributed by atoms with Gasteiger partial charge in [0.05, 0.1) is 11.1 Å². The summed E-state index contributed by atoms with van der Waals surface area (Å²) in [4.78, 5) is 26.0. The van der Waals surface area contributed by atoms with Gasteiger partial charge in [0.25, 0.3) is 11.8 Å². The SMILES string of the molecule is O=C1c2ccccc2C(=O)N1CCSCc1cccc2ccccc12. The summed E-state index contributed by atoms with van der Waals surface area (Å²) in [6.07, 6.45) is 0. The van der Waals surface area contributed by atoms with Crippen LogP contribution < -0.4 is 0 Å². The first-order chi connectivity index (χ1) is 12.3. The highest BCUT2D eigenvalue weighted by atomic mass is 32.2. The summed E-state index contributed by atoms with van der Waals surface area (Å²) in [6.45, 7) is 0.446. The first kappa shape index (κ1) is 15.9. The van der Waals surface area contributed by atoms with Gasteiger partial charge in [0.15, 0.2) is 0 Å². The lowest BCUT2D eigenvalue weighted by molar-refractivity contribution is 0.0664. The van der Waals surface area contributed by atoms with Crippen LogP contribution in [0, 0.1) is 0 Å². The van der Waals surface area contributed by atoms with Crippen LogP contribution in [-0.2, 0) is 5.75 Å². The molecule has 0 N–H and O–H groups in total. The third kappa shape index (κ3) is 2.94. The Labute approximate surface area is 150 Å². The fourth-order valence-electron chi connectivity index (χ4n) is 3.20. The van der Waals surface area contributed by atoms with Crippen molar-refractivity contribution in [1.82, 2.24) is 4.90 Å². The Balaban J connectivity index is 1.39. The molecule has 0 bridgehead atoms. The van der Waals surface area contributed by atoms with E-state index in [1.54, 1.807) is 36.0 Å². The minimum absolute atomic E-state index is 0.175. The maximum absolute atomic E-state index is 12.3. The van der Waals surface area contributed by atoms with E-state index in [4.69, 9.17) is 0 Å². The number of carbonyl (C=O) groups is 2. The monoisotopic (exact) mass is 347 g/mol. The zero-order chi connectivity index (χ0) is 17.2. The van der Waals surface area contributed by atoms with Gasteiger partial charge < -0.3 is 0 Å². The standard InChI is InChI=1S/C21H17NO2S/c23-20-18-10-3-4-11-19(18)21(24)22(20)12-13-25-14-16-8-5-7-15-6-1-2-9-17(15)16/h1-11H,12-14H2. The van der Waals surface area contributed by atoms with E-state index in [0.29, 0.717) is 17.7 Å². The molecule has 0 aromatic heterocycles. The smallest absolute Gasteiger partial charge is 0.261 e. The third-order valence-electron chi connectivity index (χ3n) is 4.47. The molecule has 3 aromatic carbocycles. The maximum atomic E-state index is 12.3. The van der Waals surface area contributed by atoms with Crippen molar-refractivity contribution in [2.45, 2.75) is 5.75 Å². The van der Waals surface area contributed by atoms with E-state index in [2.05, 4.69) is 36.4 Å². The molecule has 0 radical (unpaired) electrons. The zero-order valence-electron chi connectivity index (χ0n) is 13.6. The molecule has 0 unspecified atom stereocenters. The highest BCUT2D eigenvalue weighted by molar-refractivity contribution is 7.98. The molecule has 0 aliphatic carbocycles. The summed E-state index contributed by atoms with van der Waals surface area (Å²) in [5, 5.41) is 2.50. The van der Waals surface area contributed by atoms with E-state index >= 15 is 0 Å². The number of amides is 2. The number of fused-ring (bicyclic) bond motifs is 2. The van der Waals surface area contributed by atoms with Crippen LogP contribution in [0.25, 0.3) is 10.8 Å². The van der Waals surface area contributed by atoms with Gasteiger partial charge in [-0.2, -0.15) is 11.8 Å². The highest BCUT2D eigenvalue weighted by Crippen LogP contribution is 2.25. The molecular weight excluding hydrogens is 330 g/mol. The first-order valence-corrected chi connectivity index (χ1v) is 9.41. The summed E-state index contributed by atoms with van der Waals surface area (Å²) < 4.78 is 0. The lowest BCUT2D eigenvalue weighted by Crippen LogP contribution is -2.31. The van der Waals surface area contributed by atoms with Crippen LogP contribution in [0.4, 0.5) is 0 Å². The molecule has 3 aromatic rings. The molecule has 0 saturated carbocycles. The zero-order valence-corrected chi connectivity index (χ0v) is 14.5. The second-order valence-corrected chi connectivity index (χ2v) is 7.10. The van der Waals surface area contributed by atoms with Crippen molar-refractivity contribution in [2.75, 3.05) is 12.3 Å². The lowest BCUT2D eigenvalue weighted by atomic mass is 10.1. The summed E-state index contributed by atoms with van der Waals surface area (Å²) in [7, 11) is 0. The lowest BCUT2D eigenvalue weighted by Gasteiger charge is -2.13. The van der Waals surface area contributed by atoms with Gasteiger partial charge in [-0.3, -0.25) is 14.5 Å². The molecule has 1 heterocycles. The van der Waals surface area contributed by atoms with Crippen LogP contribution >= 0.6 is 11.8 Å². The largest absolute Gasteiger partial charge is 0.274 e. The normalized spacial score (nSPS) is 13.5. The van der Waals surface area contributed by atoms with Gasteiger partial charge in [-0.1, -0.05) is 54.6 Å². The summed E-state index contributed by atoms with van der Waals surface area (Å²) in [5.74, 6) is 1.25. The number of nitrogens with zero attached hydrogens (tertiary/aromatic N) is 1. The molecule has 1 aliphatic heterocycles. The van der Waals surface area contributed by atoms with Crippen molar-refractivity contribution in [2.24, 2.45) is 0 Å². The molecule has 0 spiro atoms. The Morgan fingerprint density at radius 1 is 0.760 bits per heavy atom. The number of benzene rings is 3. The van der Waals surface area contributed by atoms with Gasteiger partial charge in [0.2, 0.25) is 0 Å². The van der Waals surface area contributed by atoms with E-state index < -0.39 is 0 Å². The van der Waals surface area contributed by atoms with Crippen LogP contribution in [0.3, 0.4) is 0 Å². The van der Waals surface area contributed by atoms with E-state index in [1.165, 1.54) is 21.2 Å². The van der Waals surface area contributed by atoms with Gasteiger partial charge in [0, 0.05) is 18.1 Å². The van der Waals surface area contributed by atoms with Gasteiger partial charge >= 0.3 is 0 Å². The number of rotatable bonds is 5. The number of hydrogen-bond acceptors (Lipinski definition) is 3. The Bertz CT molecular complexity index is 927. The predicted molar refractivity (Wildman–Crippen MR) is 102 cm³/mol. The first-order valence-electron chi connectivity index (χ1n) is 8.25. The number of hydrogen-bond donors (Lipinski definition) is 0. The van der Waals surface area contributed by atoms with Crippen molar-refractivity contribution in [3.63, 3.8) is 0 Å². The average molecular weight is 347 g/mol. The third-order valence-corrected chi connectivity index (χ3v) is 5.46. The van der Waals surface area contributed by atoms with Gasteiger partial charge in [-0.05, 0) is 28.5 Å². The van der Waals surface area contributed by atoms with Crippen molar-refractivity contribution in [1.29, 1.82) is 0 Å². The number of imide groups is 1. The van der Waals surface area contributed by atoms with Gasteiger partial charge in [-0.15, -0.1) is 0 Å². The molecule has 3 nitrogen and oxygen atoms in total. The molecule has 4 heteroatoms. The van der Waals surface area contributed by atoms with E-state index in [-0.39, 0.29) is 11.8 Å². The summed E-state index contributed by atoms with van der Waals surface area (Å²) in [5.41, 5.74) is 2.32. The number of carbonyl (C=O) groups excluding carboxylic acids is 2. The molecular formula is C21H17NO2S. The van der Waals surface area contributed by atoms with Crippen LogP contribution in [0.15, 0.2) is 66.7 Å². The topological polar surface area (TPSA) is 37.4 Å². The van der Waals surface area contributed by atoms with Crippen molar-refractivity contribution >= 4 is 34.3 Å². The minimum Gasteiger partial charge on any atom is -0.274 e. The van der Waals surface area contributed by atoms with Crippen molar-refractivity contribution in [3.8, 4) is 0 Å². The predicted octanol–water partition coefficient (Wildman–Crippen LogP) is 4.37. The molecule has 2 amide bonds. The van der Waals surface area contributed by atoms with Gasteiger partial charge in [0.1, 0.15) is 0 Å². The van der Waals surface area contributed by atoms with E-state index in [0.717, 1.165) is 11.5 Å². The fourth-order valence-corrected chi connectivity index (χ4v) is 4.13. The maximum Gasteiger partial charge on any atom is 0.261 e. The Hall–Kier alpha value is -2.59. The molecule has 124 valence electrons. The molecule has 1 aliphatic rings. The Morgan fingerprint density at radius 3 is 2.16 bits per heavy atom. The molecule has 0 fully saturated rings. The molecule has 25 heavy (non-hydrogen) atoms. The van der Waals surface area contributed by atoms with Gasteiger partial charge in [-0.25, -0.2) is 0 Å². The Kier molecular flexibility index (Phi) is 4.28. The van der Waals surface area contributed by atoms with E-state index in [9.17, 15) is 9.59 Å². The minimum atomic E-state index is -0.175. The average Bonchev–Trinajstić information content (AvgIpc) is 2.90. The summed E-state index contributed by atoms with van der Waals surface area (Å²) >= 11 is 1.74. The number of thioether (sulfide) groups is 1. The van der Waals surface area contributed by atoms with Crippen LogP contribution in [-0.4, -0.2) is 29.0 Å². The highest BCUT2D eigenvalue weighted by Gasteiger charge is 2.34. The molecule has 0 saturated heterocycles. The molecule has 4 rings (SSSR count). The Morgan fingerprint density at radius 2 is 1.40 bits per heavy atom. The molecule has 0 atom stereocenters. The quantitative estimate of drug-likeness (QED) is 0.508. The van der Waals surface area contributed by atoms with Crippen LogP contribution in [0.1, 0.15) is 26.3 Å². The van der Waals surface area contributed by atoms with Crippen molar-refractivity contribution in [3.05, 3.63) is 83.4 Å². The van der Waals surface area contributed by atoms with Crippen molar-refractivity contribution < 1.29 is 9.59 Å². The van der Waals surface area contributed by atoms with E-state index in [1.807, 2.05) is 6.07 Å². The second kappa shape index (κ2) is 6.73. The summed E-state index contributed by atoms with van der Waals surface area (Å²) in [6, 6.07) is 21.7.